The summed E-state index contributed by atoms with van der Waals surface area (Å²) in [6.07, 6.45) is 3.82. The van der Waals surface area contributed by atoms with Crippen molar-refractivity contribution in [3.05, 3.63) is 36.9 Å². The van der Waals surface area contributed by atoms with Crippen molar-refractivity contribution < 1.29 is 9.53 Å². The van der Waals surface area contributed by atoms with Crippen LogP contribution in [0.1, 0.15) is 26.7 Å². The van der Waals surface area contributed by atoms with Crippen LogP contribution in [-0.4, -0.2) is 39.6 Å². The van der Waals surface area contributed by atoms with Crippen molar-refractivity contribution in [3.8, 4) is 17.1 Å². The molecule has 2 rings (SSSR count). The molecule has 0 radical (unpaired) electrons. The lowest BCUT2D eigenvalue weighted by molar-refractivity contribution is -0.119. The highest BCUT2D eigenvalue weighted by Gasteiger charge is 2.15. The minimum Gasteiger partial charge on any atom is -0.497 e. The highest BCUT2D eigenvalue weighted by molar-refractivity contribution is 7.99. The molecule has 1 heterocycles. The number of ether oxygens (including phenoxy) is 1. The maximum Gasteiger partial charge on any atom is 0.230 e. The van der Waals surface area contributed by atoms with Gasteiger partial charge < -0.3 is 10.1 Å². The first-order chi connectivity index (χ1) is 12.6. The summed E-state index contributed by atoms with van der Waals surface area (Å²) in [5, 5.41) is 12.3. The summed E-state index contributed by atoms with van der Waals surface area (Å²) in [5.74, 6) is 1.85. The van der Waals surface area contributed by atoms with E-state index in [1.807, 2.05) is 35.8 Å². The average Bonchev–Trinajstić information content (AvgIpc) is 3.03. The van der Waals surface area contributed by atoms with E-state index in [-0.39, 0.29) is 11.9 Å². The average molecular weight is 375 g/mol. The normalized spacial score (nSPS) is 11.8. The van der Waals surface area contributed by atoms with Gasteiger partial charge in [0.2, 0.25) is 5.91 Å². The van der Waals surface area contributed by atoms with E-state index in [4.69, 9.17) is 4.74 Å². The van der Waals surface area contributed by atoms with Crippen LogP contribution in [-0.2, 0) is 11.3 Å². The largest absolute Gasteiger partial charge is 0.497 e. The van der Waals surface area contributed by atoms with Crippen molar-refractivity contribution in [3.63, 3.8) is 0 Å². The molecule has 26 heavy (non-hydrogen) atoms. The molecule has 0 fully saturated rings. The molecule has 1 aromatic carbocycles. The number of hydrogen-bond donors (Lipinski definition) is 1. The van der Waals surface area contributed by atoms with Crippen LogP contribution < -0.4 is 10.1 Å². The van der Waals surface area contributed by atoms with Crippen LogP contribution in [0.4, 0.5) is 0 Å². The Morgan fingerprint density at radius 1 is 1.38 bits per heavy atom. The molecule has 0 saturated heterocycles. The van der Waals surface area contributed by atoms with Gasteiger partial charge in [-0.05, 0) is 37.6 Å². The van der Waals surface area contributed by atoms with Gasteiger partial charge >= 0.3 is 0 Å². The number of carbonyl (C=O) groups excluding carboxylic acids is 1. The van der Waals surface area contributed by atoms with Crippen molar-refractivity contribution in [1.29, 1.82) is 0 Å². The number of allylic oxidation sites excluding steroid dienone is 1. The summed E-state index contributed by atoms with van der Waals surface area (Å²) < 4.78 is 7.15. The van der Waals surface area contributed by atoms with Gasteiger partial charge in [-0.1, -0.05) is 31.2 Å². The molecule has 0 aliphatic carbocycles. The molecule has 0 spiro atoms. The first kappa shape index (κ1) is 20.0. The van der Waals surface area contributed by atoms with Crippen LogP contribution in [0.15, 0.2) is 42.1 Å². The van der Waals surface area contributed by atoms with E-state index in [9.17, 15) is 4.79 Å². The zero-order chi connectivity index (χ0) is 18.9. The molecule has 2 aromatic rings. The highest BCUT2D eigenvalue weighted by Crippen LogP contribution is 2.25. The topological polar surface area (TPSA) is 69.0 Å². The van der Waals surface area contributed by atoms with Gasteiger partial charge in [0.05, 0.1) is 12.9 Å². The molecule has 0 saturated carbocycles. The van der Waals surface area contributed by atoms with Crippen LogP contribution in [0.5, 0.6) is 5.75 Å². The zero-order valence-corrected chi connectivity index (χ0v) is 16.4. The maximum absolute atomic E-state index is 12.1. The molecule has 0 aliphatic rings. The van der Waals surface area contributed by atoms with E-state index in [0.29, 0.717) is 17.5 Å². The van der Waals surface area contributed by atoms with Crippen LogP contribution in [0, 0.1) is 0 Å². The summed E-state index contributed by atoms with van der Waals surface area (Å²) in [7, 11) is 1.64. The molecule has 1 atom stereocenters. The minimum absolute atomic E-state index is 0.00935. The van der Waals surface area contributed by atoms with Crippen LogP contribution >= 0.6 is 11.8 Å². The number of benzene rings is 1. The smallest absolute Gasteiger partial charge is 0.230 e. The second-order valence-electron chi connectivity index (χ2n) is 5.98. The van der Waals surface area contributed by atoms with Gasteiger partial charge in [-0.3, -0.25) is 9.36 Å². The van der Waals surface area contributed by atoms with E-state index in [0.717, 1.165) is 30.0 Å². The number of hydrogen-bond acceptors (Lipinski definition) is 5. The van der Waals surface area contributed by atoms with Crippen LogP contribution in [0.2, 0.25) is 0 Å². The summed E-state index contributed by atoms with van der Waals surface area (Å²) >= 11 is 1.38. The lowest BCUT2D eigenvalue weighted by Crippen LogP contribution is -2.33. The first-order valence-corrected chi connectivity index (χ1v) is 9.68. The van der Waals surface area contributed by atoms with Gasteiger partial charge in [0.25, 0.3) is 0 Å². The Morgan fingerprint density at radius 3 is 2.73 bits per heavy atom. The van der Waals surface area contributed by atoms with Crippen molar-refractivity contribution in [2.24, 2.45) is 0 Å². The second kappa shape index (κ2) is 10.0. The number of aromatic nitrogens is 3. The maximum atomic E-state index is 12.1. The molecule has 0 bridgehead atoms. The Balaban J connectivity index is 2.10. The predicted molar refractivity (Wildman–Crippen MR) is 105 cm³/mol. The molecular formula is C19H26N4O2S. The Morgan fingerprint density at radius 2 is 2.12 bits per heavy atom. The molecule has 1 amide bonds. The SMILES string of the molecule is C=CCn1c(SCC(=O)N[C@@H](C)CCC)nnc1-c1ccc(OC)cc1. The third-order valence-electron chi connectivity index (χ3n) is 3.84. The van der Waals surface area contributed by atoms with Crippen molar-refractivity contribution in [1.82, 2.24) is 20.1 Å². The number of rotatable bonds is 10. The van der Waals surface area contributed by atoms with E-state index in [1.165, 1.54) is 11.8 Å². The standard InChI is InChI=1S/C19H26N4O2S/c1-5-7-14(3)20-17(24)13-26-19-22-21-18(23(19)12-6-2)15-8-10-16(25-4)11-9-15/h6,8-11,14H,2,5,7,12-13H2,1,3-4H3,(H,20,24)/t14-/m0/s1. The highest BCUT2D eigenvalue weighted by atomic mass is 32.2. The molecule has 0 aliphatic heterocycles. The summed E-state index contributed by atoms with van der Waals surface area (Å²) in [6, 6.07) is 7.84. The number of nitrogens with zero attached hydrogens (tertiary/aromatic N) is 3. The van der Waals surface area contributed by atoms with Crippen molar-refractivity contribution in [2.45, 2.75) is 44.4 Å². The molecule has 7 heteroatoms. The summed E-state index contributed by atoms with van der Waals surface area (Å²) in [5.41, 5.74) is 0.938. The van der Waals surface area contributed by atoms with Crippen LogP contribution in [0.3, 0.4) is 0 Å². The van der Waals surface area contributed by atoms with Crippen molar-refractivity contribution >= 4 is 17.7 Å². The second-order valence-corrected chi connectivity index (χ2v) is 6.92. The number of amides is 1. The third kappa shape index (κ3) is 5.36. The van der Waals surface area contributed by atoms with E-state index >= 15 is 0 Å². The third-order valence-corrected chi connectivity index (χ3v) is 4.80. The van der Waals surface area contributed by atoms with Gasteiger partial charge in [0.15, 0.2) is 11.0 Å². The van der Waals surface area contributed by atoms with Gasteiger partial charge in [-0.15, -0.1) is 16.8 Å². The molecule has 1 aromatic heterocycles. The zero-order valence-electron chi connectivity index (χ0n) is 15.6. The fourth-order valence-corrected chi connectivity index (χ4v) is 3.35. The molecule has 0 unspecified atom stereocenters. The van der Waals surface area contributed by atoms with E-state index in [2.05, 4.69) is 29.0 Å². The Hall–Kier alpha value is -2.28. The van der Waals surface area contributed by atoms with Gasteiger partial charge in [0, 0.05) is 18.2 Å². The lowest BCUT2D eigenvalue weighted by Gasteiger charge is -2.12. The predicted octanol–water partition coefficient (Wildman–Crippen LogP) is 3.54. The van der Waals surface area contributed by atoms with Crippen LogP contribution in [0.25, 0.3) is 11.4 Å². The number of methoxy groups -OCH3 is 1. The van der Waals surface area contributed by atoms with Crippen molar-refractivity contribution in [2.75, 3.05) is 12.9 Å². The van der Waals surface area contributed by atoms with Gasteiger partial charge in [-0.2, -0.15) is 0 Å². The number of thioether (sulfide) groups is 1. The lowest BCUT2D eigenvalue weighted by atomic mass is 10.2. The molecule has 1 N–H and O–H groups in total. The molecule has 6 nitrogen and oxygen atoms in total. The first-order valence-electron chi connectivity index (χ1n) is 8.69. The monoisotopic (exact) mass is 374 g/mol. The summed E-state index contributed by atoms with van der Waals surface area (Å²) in [4.78, 5) is 12.1. The molecule has 140 valence electrons. The fourth-order valence-electron chi connectivity index (χ4n) is 2.59. The quantitative estimate of drug-likeness (QED) is 0.509. The Labute approximate surface area is 159 Å². The Kier molecular flexibility index (Phi) is 7.72. The number of carbonyl (C=O) groups is 1. The summed E-state index contributed by atoms with van der Waals surface area (Å²) in [6.45, 7) is 8.51. The number of nitrogens with one attached hydrogen (secondary N) is 1. The van der Waals surface area contributed by atoms with E-state index < -0.39 is 0 Å². The minimum atomic E-state index is 0.00935. The van der Waals surface area contributed by atoms with Gasteiger partial charge in [0.1, 0.15) is 5.75 Å². The van der Waals surface area contributed by atoms with Gasteiger partial charge in [-0.25, -0.2) is 0 Å². The fraction of sp³-hybridized carbons (Fsp3) is 0.421. The van der Waals surface area contributed by atoms with E-state index in [1.54, 1.807) is 13.2 Å². The Bertz CT molecular complexity index is 728. The molecular weight excluding hydrogens is 348 g/mol.